The second-order valence-corrected chi connectivity index (χ2v) is 4.93. The van der Waals surface area contributed by atoms with Crippen LogP contribution in [0.1, 0.15) is 37.5 Å². The van der Waals surface area contributed by atoms with Crippen molar-refractivity contribution in [3.8, 4) is 0 Å². The Balaban J connectivity index is 1.78. The number of anilines is 1. The molecule has 1 amide bonds. The van der Waals surface area contributed by atoms with Crippen LogP contribution in [0.3, 0.4) is 0 Å². The van der Waals surface area contributed by atoms with Crippen molar-refractivity contribution >= 4 is 11.6 Å². The van der Waals surface area contributed by atoms with Gasteiger partial charge in [-0.25, -0.2) is 0 Å². The van der Waals surface area contributed by atoms with Crippen molar-refractivity contribution < 1.29 is 9.21 Å². The molecule has 0 unspecified atom stereocenters. The zero-order chi connectivity index (χ0) is 14.2. The van der Waals surface area contributed by atoms with E-state index < -0.39 is 0 Å². The maximum atomic E-state index is 11.8. The monoisotopic (exact) mass is 271 g/mol. The van der Waals surface area contributed by atoms with Gasteiger partial charge in [-0.2, -0.15) is 0 Å². The molecule has 1 aromatic heterocycles. The predicted molar refractivity (Wildman–Crippen MR) is 80.7 cm³/mol. The van der Waals surface area contributed by atoms with E-state index in [2.05, 4.69) is 24.4 Å². The third-order valence-electron chi connectivity index (χ3n) is 3.24. The lowest BCUT2D eigenvalue weighted by atomic mass is 10.1. The summed E-state index contributed by atoms with van der Waals surface area (Å²) in [5, 5.41) is 2.91. The second-order valence-electron chi connectivity index (χ2n) is 4.93. The zero-order valence-electron chi connectivity index (χ0n) is 11.9. The molecule has 1 heterocycles. The van der Waals surface area contributed by atoms with Crippen LogP contribution in [0.4, 0.5) is 5.69 Å². The Bertz CT molecular complexity index is 514. The molecule has 0 aliphatic rings. The highest BCUT2D eigenvalue weighted by atomic mass is 16.3. The summed E-state index contributed by atoms with van der Waals surface area (Å²) in [6, 6.07) is 11.8. The number of nitrogens with one attached hydrogen (secondary N) is 1. The van der Waals surface area contributed by atoms with E-state index in [1.807, 2.05) is 24.3 Å². The Morgan fingerprint density at radius 1 is 1.15 bits per heavy atom. The Labute approximate surface area is 120 Å². The van der Waals surface area contributed by atoms with Gasteiger partial charge in [0.15, 0.2) is 0 Å². The number of benzene rings is 1. The molecule has 3 heteroatoms. The lowest BCUT2D eigenvalue weighted by Crippen LogP contribution is -2.12. The van der Waals surface area contributed by atoms with E-state index in [0.717, 1.165) is 17.9 Å². The molecule has 0 bridgehead atoms. The molecule has 0 radical (unpaired) electrons. The van der Waals surface area contributed by atoms with Gasteiger partial charge in [-0.15, -0.1) is 0 Å². The largest absolute Gasteiger partial charge is 0.469 e. The van der Waals surface area contributed by atoms with E-state index in [-0.39, 0.29) is 5.91 Å². The lowest BCUT2D eigenvalue weighted by Gasteiger charge is -2.06. The number of hydrogen-bond donors (Lipinski definition) is 1. The van der Waals surface area contributed by atoms with Gasteiger partial charge in [0, 0.05) is 18.5 Å². The minimum atomic E-state index is 0.0164. The highest BCUT2D eigenvalue weighted by Crippen LogP contribution is 2.12. The summed E-state index contributed by atoms with van der Waals surface area (Å²) in [5.74, 6) is 0.859. The van der Waals surface area contributed by atoms with Crippen LogP contribution in [0.2, 0.25) is 0 Å². The molecular weight excluding hydrogens is 250 g/mol. The van der Waals surface area contributed by atoms with Crippen molar-refractivity contribution in [1.82, 2.24) is 0 Å². The number of carbonyl (C=O) groups excluding carboxylic acids is 1. The normalized spacial score (nSPS) is 10.4. The summed E-state index contributed by atoms with van der Waals surface area (Å²) >= 11 is 0. The first-order valence-electron chi connectivity index (χ1n) is 7.19. The molecule has 1 N–H and O–H groups in total. The molecule has 20 heavy (non-hydrogen) atoms. The van der Waals surface area contributed by atoms with Crippen LogP contribution in [0, 0.1) is 0 Å². The van der Waals surface area contributed by atoms with Gasteiger partial charge in [0.2, 0.25) is 5.91 Å². The summed E-state index contributed by atoms with van der Waals surface area (Å²) in [6.45, 7) is 2.19. The van der Waals surface area contributed by atoms with Crippen LogP contribution in [0.25, 0.3) is 0 Å². The van der Waals surface area contributed by atoms with Gasteiger partial charge in [0.05, 0.1) is 6.26 Å². The van der Waals surface area contributed by atoms with Crippen LogP contribution >= 0.6 is 0 Å². The van der Waals surface area contributed by atoms with E-state index in [0.29, 0.717) is 12.8 Å². The molecule has 1 aromatic carbocycles. The standard InChI is InChI=1S/C17H21NO2/c1-2-3-5-14-7-9-15(10-8-14)18-17(19)12-11-16-6-4-13-20-16/h4,6-10,13H,2-3,5,11-12H2,1H3,(H,18,19). The Morgan fingerprint density at radius 2 is 1.95 bits per heavy atom. The van der Waals surface area contributed by atoms with E-state index in [1.54, 1.807) is 6.26 Å². The average molecular weight is 271 g/mol. The quantitative estimate of drug-likeness (QED) is 0.820. The molecule has 0 aliphatic heterocycles. The minimum absolute atomic E-state index is 0.0164. The third kappa shape index (κ3) is 4.57. The maximum Gasteiger partial charge on any atom is 0.224 e. The van der Waals surface area contributed by atoms with E-state index >= 15 is 0 Å². The number of furan rings is 1. The van der Waals surface area contributed by atoms with Crippen LogP contribution in [-0.2, 0) is 17.6 Å². The first-order chi connectivity index (χ1) is 9.78. The van der Waals surface area contributed by atoms with Gasteiger partial charge in [-0.3, -0.25) is 4.79 Å². The van der Waals surface area contributed by atoms with Gasteiger partial charge in [0.25, 0.3) is 0 Å². The fourth-order valence-corrected chi connectivity index (χ4v) is 2.05. The lowest BCUT2D eigenvalue weighted by molar-refractivity contribution is -0.116. The van der Waals surface area contributed by atoms with Crippen LogP contribution in [-0.4, -0.2) is 5.91 Å². The summed E-state index contributed by atoms with van der Waals surface area (Å²) in [4.78, 5) is 11.8. The number of hydrogen-bond acceptors (Lipinski definition) is 2. The van der Waals surface area contributed by atoms with Crippen molar-refractivity contribution in [2.75, 3.05) is 5.32 Å². The second kappa shape index (κ2) is 7.53. The van der Waals surface area contributed by atoms with Gasteiger partial charge in [0.1, 0.15) is 5.76 Å². The zero-order valence-corrected chi connectivity index (χ0v) is 11.9. The highest BCUT2D eigenvalue weighted by molar-refractivity contribution is 5.90. The van der Waals surface area contributed by atoms with Crippen molar-refractivity contribution in [3.63, 3.8) is 0 Å². The topological polar surface area (TPSA) is 42.2 Å². The molecule has 0 spiro atoms. The van der Waals surface area contributed by atoms with Crippen molar-refractivity contribution in [2.45, 2.75) is 39.0 Å². The summed E-state index contributed by atoms with van der Waals surface area (Å²) in [6.07, 6.45) is 6.20. The fourth-order valence-electron chi connectivity index (χ4n) is 2.05. The smallest absolute Gasteiger partial charge is 0.224 e. The summed E-state index contributed by atoms with van der Waals surface area (Å²) in [5.41, 5.74) is 2.18. The fraction of sp³-hybridized carbons (Fsp3) is 0.353. The van der Waals surface area contributed by atoms with E-state index in [9.17, 15) is 4.79 Å². The molecule has 2 aromatic rings. The Morgan fingerprint density at radius 3 is 2.60 bits per heavy atom. The Hall–Kier alpha value is -2.03. The predicted octanol–water partition coefficient (Wildman–Crippen LogP) is 4.19. The highest BCUT2D eigenvalue weighted by Gasteiger charge is 2.04. The number of aryl methyl sites for hydroxylation is 2. The number of amides is 1. The van der Waals surface area contributed by atoms with E-state index in [1.165, 1.54) is 18.4 Å². The average Bonchev–Trinajstić information content (AvgIpc) is 2.98. The van der Waals surface area contributed by atoms with Gasteiger partial charge in [-0.05, 0) is 42.7 Å². The van der Waals surface area contributed by atoms with Crippen molar-refractivity contribution in [3.05, 3.63) is 54.0 Å². The number of unbranched alkanes of at least 4 members (excludes halogenated alkanes) is 1. The molecular formula is C17H21NO2. The molecule has 106 valence electrons. The van der Waals surface area contributed by atoms with Gasteiger partial charge in [-0.1, -0.05) is 25.5 Å². The van der Waals surface area contributed by atoms with Crippen LogP contribution in [0.15, 0.2) is 47.1 Å². The minimum Gasteiger partial charge on any atom is -0.469 e. The van der Waals surface area contributed by atoms with Gasteiger partial charge < -0.3 is 9.73 Å². The first-order valence-corrected chi connectivity index (χ1v) is 7.19. The van der Waals surface area contributed by atoms with E-state index in [4.69, 9.17) is 4.42 Å². The molecule has 0 saturated heterocycles. The van der Waals surface area contributed by atoms with Crippen LogP contribution in [0.5, 0.6) is 0 Å². The number of carbonyl (C=O) groups is 1. The molecule has 2 rings (SSSR count). The van der Waals surface area contributed by atoms with Crippen LogP contribution < -0.4 is 5.32 Å². The maximum absolute atomic E-state index is 11.8. The SMILES string of the molecule is CCCCc1ccc(NC(=O)CCc2ccco2)cc1. The van der Waals surface area contributed by atoms with Gasteiger partial charge >= 0.3 is 0 Å². The molecule has 0 atom stereocenters. The van der Waals surface area contributed by atoms with Crippen molar-refractivity contribution in [1.29, 1.82) is 0 Å². The molecule has 0 aliphatic carbocycles. The molecule has 3 nitrogen and oxygen atoms in total. The summed E-state index contributed by atoms with van der Waals surface area (Å²) < 4.78 is 5.21. The first kappa shape index (κ1) is 14.4. The number of rotatable bonds is 7. The summed E-state index contributed by atoms with van der Waals surface area (Å²) in [7, 11) is 0. The third-order valence-corrected chi connectivity index (χ3v) is 3.24. The van der Waals surface area contributed by atoms with Crippen molar-refractivity contribution in [2.24, 2.45) is 0 Å². The molecule has 0 fully saturated rings. The molecule has 0 saturated carbocycles. The Kier molecular flexibility index (Phi) is 5.42.